The first-order valence-electron chi connectivity index (χ1n) is 2.56. The van der Waals surface area contributed by atoms with E-state index < -0.39 is 0 Å². The van der Waals surface area contributed by atoms with Gasteiger partial charge in [-0.25, -0.2) is 0 Å². The zero-order valence-corrected chi connectivity index (χ0v) is 4.70. The minimum atomic E-state index is 0. The van der Waals surface area contributed by atoms with Gasteiger partial charge in [0.15, 0.2) is 0 Å². The first-order chi connectivity index (χ1) is 2.77. The monoisotopic (exact) mass is 109 g/mol. The van der Waals surface area contributed by atoms with Gasteiger partial charge in [-0.1, -0.05) is 33.6 Å². The summed E-state index contributed by atoms with van der Waals surface area (Å²) in [6.45, 7) is 8.15. The fourth-order valence-corrected chi connectivity index (χ4v) is 0.408. The molecule has 0 aromatic carbocycles. The summed E-state index contributed by atoms with van der Waals surface area (Å²) in [5.74, 6) is 0.836. The van der Waals surface area contributed by atoms with E-state index in [0.29, 0.717) is 0 Å². The third-order valence-corrected chi connectivity index (χ3v) is 0.781. The Bertz CT molecular complexity index is 25.4. The second kappa shape index (κ2) is 7.00. The molecule has 7 heavy (non-hydrogen) atoms. The quantitative estimate of drug-likeness (QED) is 0.472. The third-order valence-electron chi connectivity index (χ3n) is 0.781. The van der Waals surface area contributed by atoms with Crippen LogP contribution in [0.25, 0.3) is 0 Å². The van der Waals surface area contributed by atoms with Gasteiger partial charge in [0.2, 0.25) is 0 Å². The van der Waals surface area contributed by atoms with Gasteiger partial charge >= 0.3 is 29.6 Å². The summed E-state index contributed by atoms with van der Waals surface area (Å²) >= 11 is 0. The van der Waals surface area contributed by atoms with Gasteiger partial charge in [0, 0.05) is 0 Å². The standard InChI is InChI=1S/C6H13.Na.H/c1-4-5-6(2)3;;/h6H,1,4-5H2,2-3H3;;. The average Bonchev–Trinajstić information content (AvgIpc) is 1.35. The van der Waals surface area contributed by atoms with Crippen LogP contribution in [-0.2, 0) is 0 Å². The van der Waals surface area contributed by atoms with E-state index in [0.717, 1.165) is 12.3 Å². The summed E-state index contributed by atoms with van der Waals surface area (Å²) < 4.78 is 0. The molecule has 0 N–H and O–H groups in total. The molecule has 0 aliphatic heterocycles. The Morgan fingerprint density at radius 3 is 1.86 bits per heavy atom. The van der Waals surface area contributed by atoms with Crippen LogP contribution in [0.3, 0.4) is 0 Å². The Balaban J connectivity index is 0. The molecule has 0 aliphatic rings. The van der Waals surface area contributed by atoms with Crippen LogP contribution in [0.2, 0.25) is 0 Å². The molecule has 0 atom stereocenters. The van der Waals surface area contributed by atoms with E-state index in [1.807, 2.05) is 0 Å². The first kappa shape index (κ1) is 10.9. The normalized spacial score (nSPS) is 8.57. The van der Waals surface area contributed by atoms with Crippen molar-refractivity contribution >= 4 is 29.6 Å². The van der Waals surface area contributed by atoms with Crippen LogP contribution in [0.4, 0.5) is 0 Å². The molecular weight excluding hydrogens is 95.1 g/mol. The summed E-state index contributed by atoms with van der Waals surface area (Å²) in [5.41, 5.74) is 0. The molecule has 0 aliphatic carbocycles. The summed E-state index contributed by atoms with van der Waals surface area (Å²) in [7, 11) is 0. The van der Waals surface area contributed by atoms with E-state index in [4.69, 9.17) is 0 Å². The molecule has 0 rings (SSSR count). The van der Waals surface area contributed by atoms with Gasteiger partial charge in [-0.15, -0.1) is 0 Å². The molecule has 0 amide bonds. The first-order valence-corrected chi connectivity index (χ1v) is 2.56. The van der Waals surface area contributed by atoms with Gasteiger partial charge in [0.1, 0.15) is 0 Å². The molecular formula is C6H14Na. The average molecular weight is 109 g/mol. The number of hydrogen-bond acceptors (Lipinski definition) is 0. The summed E-state index contributed by atoms with van der Waals surface area (Å²) in [4.78, 5) is 0. The molecule has 1 heteroatoms. The van der Waals surface area contributed by atoms with Crippen molar-refractivity contribution in [2.75, 3.05) is 0 Å². The molecule has 0 spiro atoms. The zero-order chi connectivity index (χ0) is 4.99. The Hall–Kier alpha value is 1.00. The maximum atomic E-state index is 3.73. The Kier molecular flexibility index (Phi) is 10.9. The van der Waals surface area contributed by atoms with E-state index in [9.17, 15) is 0 Å². The van der Waals surface area contributed by atoms with Crippen LogP contribution in [0.5, 0.6) is 0 Å². The zero-order valence-electron chi connectivity index (χ0n) is 4.70. The molecule has 0 nitrogen and oxygen atoms in total. The molecule has 0 aromatic rings. The van der Waals surface area contributed by atoms with Crippen LogP contribution >= 0.6 is 0 Å². The van der Waals surface area contributed by atoms with Crippen molar-refractivity contribution in [2.45, 2.75) is 26.7 Å². The third kappa shape index (κ3) is 10.9. The van der Waals surface area contributed by atoms with Gasteiger partial charge in [0.05, 0.1) is 0 Å². The van der Waals surface area contributed by atoms with E-state index in [2.05, 4.69) is 20.8 Å². The predicted octanol–water partition coefficient (Wildman–Crippen LogP) is 1.61. The molecule has 39 valence electrons. The molecule has 0 aromatic heterocycles. The Morgan fingerprint density at radius 1 is 1.43 bits per heavy atom. The van der Waals surface area contributed by atoms with Gasteiger partial charge < -0.3 is 0 Å². The van der Waals surface area contributed by atoms with Crippen molar-refractivity contribution in [1.29, 1.82) is 0 Å². The Morgan fingerprint density at radius 2 is 1.86 bits per heavy atom. The topological polar surface area (TPSA) is 0 Å². The molecule has 0 bridgehead atoms. The summed E-state index contributed by atoms with van der Waals surface area (Å²) in [6.07, 6.45) is 2.34. The van der Waals surface area contributed by atoms with Crippen LogP contribution < -0.4 is 0 Å². The molecule has 0 saturated heterocycles. The van der Waals surface area contributed by atoms with Gasteiger partial charge in [-0.3, -0.25) is 0 Å². The minimum absolute atomic E-state index is 0. The van der Waals surface area contributed by atoms with E-state index in [1.54, 1.807) is 0 Å². The second-order valence-electron chi connectivity index (χ2n) is 2.04. The van der Waals surface area contributed by atoms with Crippen molar-refractivity contribution in [1.82, 2.24) is 0 Å². The van der Waals surface area contributed by atoms with Crippen LogP contribution in [0, 0.1) is 12.8 Å². The molecule has 0 fully saturated rings. The number of hydrogen-bond donors (Lipinski definition) is 0. The number of rotatable bonds is 2. The fourth-order valence-electron chi connectivity index (χ4n) is 0.408. The maximum absolute atomic E-state index is 3.73. The van der Waals surface area contributed by atoms with Gasteiger partial charge in [-0.05, 0) is 5.92 Å². The van der Waals surface area contributed by atoms with Crippen LogP contribution in [0.15, 0.2) is 0 Å². The predicted molar refractivity (Wildman–Crippen MR) is 36.6 cm³/mol. The van der Waals surface area contributed by atoms with Crippen LogP contribution in [0.1, 0.15) is 26.7 Å². The van der Waals surface area contributed by atoms with Crippen molar-refractivity contribution in [2.24, 2.45) is 5.92 Å². The molecule has 1 radical (unpaired) electrons. The van der Waals surface area contributed by atoms with E-state index >= 15 is 0 Å². The van der Waals surface area contributed by atoms with E-state index in [-0.39, 0.29) is 29.6 Å². The second-order valence-corrected chi connectivity index (χ2v) is 2.04. The van der Waals surface area contributed by atoms with E-state index in [1.165, 1.54) is 6.42 Å². The molecule has 0 unspecified atom stereocenters. The molecule has 0 saturated carbocycles. The fraction of sp³-hybridized carbons (Fsp3) is 0.833. The van der Waals surface area contributed by atoms with Crippen molar-refractivity contribution in [3.8, 4) is 0 Å². The molecule has 0 heterocycles. The SMILES string of the molecule is [CH2]CCC(C)C.[NaH]. The van der Waals surface area contributed by atoms with Crippen molar-refractivity contribution < 1.29 is 0 Å². The Labute approximate surface area is 69.0 Å². The summed E-state index contributed by atoms with van der Waals surface area (Å²) in [6, 6.07) is 0. The van der Waals surface area contributed by atoms with Gasteiger partial charge in [0.25, 0.3) is 0 Å². The van der Waals surface area contributed by atoms with Gasteiger partial charge in [-0.2, -0.15) is 0 Å². The van der Waals surface area contributed by atoms with Crippen molar-refractivity contribution in [3.63, 3.8) is 0 Å². The van der Waals surface area contributed by atoms with Crippen molar-refractivity contribution in [3.05, 3.63) is 6.92 Å². The summed E-state index contributed by atoms with van der Waals surface area (Å²) in [5, 5.41) is 0. The van der Waals surface area contributed by atoms with Crippen LogP contribution in [-0.4, -0.2) is 29.6 Å².